The number of piperazine rings is 1. The Morgan fingerprint density at radius 3 is 3.00 bits per heavy atom. The molecule has 0 aliphatic carbocycles. The first-order valence-corrected chi connectivity index (χ1v) is 6.46. The van der Waals surface area contributed by atoms with E-state index in [2.05, 4.69) is 15.6 Å². The minimum Gasteiger partial charge on any atom is -0.314 e. The lowest BCUT2D eigenvalue weighted by Crippen LogP contribution is -2.48. The van der Waals surface area contributed by atoms with E-state index in [1.807, 2.05) is 28.8 Å². The summed E-state index contributed by atoms with van der Waals surface area (Å²) in [6.45, 7) is 3.77. The number of benzene rings is 1. The van der Waals surface area contributed by atoms with Crippen molar-refractivity contribution >= 4 is 11.0 Å². The Morgan fingerprint density at radius 2 is 2.17 bits per heavy atom. The molecule has 0 radical (unpaired) electrons. The van der Waals surface area contributed by atoms with Gasteiger partial charge in [-0.1, -0.05) is 12.1 Å². The number of imidazole rings is 1. The molecule has 1 aliphatic heterocycles. The summed E-state index contributed by atoms with van der Waals surface area (Å²) >= 11 is 0. The van der Waals surface area contributed by atoms with Gasteiger partial charge < -0.3 is 15.6 Å². The Balaban J connectivity index is 1.77. The smallest absolute Gasteiger partial charge is 0.314 e. The highest BCUT2D eigenvalue weighted by Gasteiger charge is 2.13. The molecule has 96 valence electrons. The van der Waals surface area contributed by atoms with Crippen molar-refractivity contribution < 1.29 is 0 Å². The first kappa shape index (κ1) is 11.5. The molecule has 0 bridgehead atoms. The Hall–Kier alpha value is -1.59. The van der Waals surface area contributed by atoms with Crippen molar-refractivity contribution in [2.45, 2.75) is 19.0 Å². The number of fused-ring (bicyclic) bond motifs is 1. The van der Waals surface area contributed by atoms with Gasteiger partial charge in [-0.25, -0.2) is 4.79 Å². The zero-order valence-electron chi connectivity index (χ0n) is 10.3. The summed E-state index contributed by atoms with van der Waals surface area (Å²) in [4.78, 5) is 14.8. The van der Waals surface area contributed by atoms with Crippen LogP contribution in [0.5, 0.6) is 0 Å². The van der Waals surface area contributed by atoms with Crippen LogP contribution < -0.4 is 16.3 Å². The third-order valence-corrected chi connectivity index (χ3v) is 3.51. The third kappa shape index (κ3) is 2.19. The average Bonchev–Trinajstić information content (AvgIpc) is 2.73. The lowest BCUT2D eigenvalue weighted by atomic mass is 10.1. The Kier molecular flexibility index (Phi) is 3.17. The molecule has 1 aromatic heterocycles. The first-order chi connectivity index (χ1) is 8.84. The van der Waals surface area contributed by atoms with Gasteiger partial charge in [-0.2, -0.15) is 0 Å². The molecule has 1 unspecified atom stereocenters. The van der Waals surface area contributed by atoms with Crippen LogP contribution in [-0.2, 0) is 6.54 Å². The Morgan fingerprint density at radius 1 is 1.28 bits per heavy atom. The van der Waals surface area contributed by atoms with Crippen LogP contribution in [0.2, 0.25) is 0 Å². The maximum atomic E-state index is 11.9. The normalized spacial score (nSPS) is 20.3. The molecular formula is C13H18N4O. The maximum Gasteiger partial charge on any atom is 0.326 e. The van der Waals surface area contributed by atoms with Gasteiger partial charge >= 0.3 is 5.69 Å². The van der Waals surface area contributed by atoms with Gasteiger partial charge in [0, 0.05) is 32.2 Å². The number of aromatic amines is 1. The molecule has 3 rings (SSSR count). The van der Waals surface area contributed by atoms with Gasteiger partial charge in [0.15, 0.2) is 0 Å². The zero-order valence-corrected chi connectivity index (χ0v) is 10.3. The van der Waals surface area contributed by atoms with E-state index in [0.29, 0.717) is 6.04 Å². The van der Waals surface area contributed by atoms with Crippen LogP contribution in [0, 0.1) is 0 Å². The molecule has 3 N–H and O–H groups in total. The average molecular weight is 246 g/mol. The highest BCUT2D eigenvalue weighted by atomic mass is 16.1. The highest BCUT2D eigenvalue weighted by molar-refractivity contribution is 5.74. The van der Waals surface area contributed by atoms with Crippen LogP contribution >= 0.6 is 0 Å². The van der Waals surface area contributed by atoms with E-state index in [-0.39, 0.29) is 5.69 Å². The molecule has 0 amide bonds. The second-order valence-electron chi connectivity index (χ2n) is 4.74. The van der Waals surface area contributed by atoms with Gasteiger partial charge in [-0.05, 0) is 18.6 Å². The van der Waals surface area contributed by atoms with Gasteiger partial charge in [-0.15, -0.1) is 0 Å². The topological polar surface area (TPSA) is 61.9 Å². The summed E-state index contributed by atoms with van der Waals surface area (Å²) in [5, 5.41) is 6.82. The van der Waals surface area contributed by atoms with Gasteiger partial charge in [0.25, 0.3) is 0 Å². The molecular weight excluding hydrogens is 228 g/mol. The number of hydrogen-bond donors (Lipinski definition) is 3. The number of aryl methyl sites for hydroxylation is 1. The fourth-order valence-corrected chi connectivity index (χ4v) is 2.53. The minimum atomic E-state index is -0.0139. The lowest BCUT2D eigenvalue weighted by molar-refractivity contribution is 0.382. The van der Waals surface area contributed by atoms with Crippen molar-refractivity contribution in [2.24, 2.45) is 0 Å². The largest absolute Gasteiger partial charge is 0.326 e. The molecule has 1 saturated heterocycles. The molecule has 5 nitrogen and oxygen atoms in total. The van der Waals surface area contributed by atoms with Crippen LogP contribution in [0.25, 0.3) is 11.0 Å². The van der Waals surface area contributed by atoms with Crippen molar-refractivity contribution in [2.75, 3.05) is 19.6 Å². The highest BCUT2D eigenvalue weighted by Crippen LogP contribution is 2.10. The van der Waals surface area contributed by atoms with E-state index in [1.165, 1.54) is 0 Å². The van der Waals surface area contributed by atoms with Gasteiger partial charge in [0.2, 0.25) is 0 Å². The second kappa shape index (κ2) is 4.96. The van der Waals surface area contributed by atoms with E-state index >= 15 is 0 Å². The van der Waals surface area contributed by atoms with E-state index in [0.717, 1.165) is 43.6 Å². The zero-order chi connectivity index (χ0) is 12.4. The second-order valence-corrected chi connectivity index (χ2v) is 4.74. The van der Waals surface area contributed by atoms with Crippen LogP contribution in [0.15, 0.2) is 29.1 Å². The van der Waals surface area contributed by atoms with Gasteiger partial charge in [0.1, 0.15) is 0 Å². The van der Waals surface area contributed by atoms with Crippen molar-refractivity contribution in [1.29, 1.82) is 0 Å². The Labute approximate surface area is 105 Å². The Bertz CT molecular complexity index is 580. The number of nitrogens with one attached hydrogen (secondary N) is 3. The number of hydrogen-bond acceptors (Lipinski definition) is 3. The van der Waals surface area contributed by atoms with Gasteiger partial charge in [-0.3, -0.25) is 4.57 Å². The van der Waals surface area contributed by atoms with E-state index in [1.54, 1.807) is 0 Å². The number of aromatic nitrogens is 2. The number of para-hydroxylation sites is 2. The fourth-order valence-electron chi connectivity index (χ4n) is 2.53. The van der Waals surface area contributed by atoms with Crippen molar-refractivity contribution in [3.05, 3.63) is 34.7 Å². The number of rotatable bonds is 3. The predicted molar refractivity (Wildman–Crippen MR) is 71.8 cm³/mol. The molecule has 2 aromatic rings. The summed E-state index contributed by atoms with van der Waals surface area (Å²) in [6, 6.07) is 8.29. The molecule has 1 atom stereocenters. The van der Waals surface area contributed by atoms with E-state index < -0.39 is 0 Å². The third-order valence-electron chi connectivity index (χ3n) is 3.51. The van der Waals surface area contributed by atoms with Crippen molar-refractivity contribution in [1.82, 2.24) is 20.2 Å². The molecule has 0 saturated carbocycles. The van der Waals surface area contributed by atoms with Crippen LogP contribution in [-0.4, -0.2) is 35.2 Å². The fraction of sp³-hybridized carbons (Fsp3) is 0.462. The summed E-state index contributed by atoms with van der Waals surface area (Å²) in [6.07, 6.45) is 0.967. The number of H-pyrrole nitrogens is 1. The SMILES string of the molecule is O=c1[nH]c2ccccc2n1CCC1CNCCN1. The summed E-state index contributed by atoms with van der Waals surface area (Å²) < 4.78 is 1.83. The van der Waals surface area contributed by atoms with E-state index in [9.17, 15) is 4.79 Å². The molecule has 5 heteroatoms. The monoisotopic (exact) mass is 246 g/mol. The van der Waals surface area contributed by atoms with Crippen LogP contribution in [0.1, 0.15) is 6.42 Å². The standard InChI is InChI=1S/C13H18N4O/c18-13-16-11-3-1-2-4-12(11)17(13)8-5-10-9-14-6-7-15-10/h1-4,10,14-15H,5-9H2,(H,16,18). The summed E-state index contributed by atoms with van der Waals surface area (Å²) in [5.74, 6) is 0. The lowest BCUT2D eigenvalue weighted by Gasteiger charge is -2.24. The molecule has 1 aliphatic rings. The predicted octanol–water partition coefficient (Wildman–Crippen LogP) is 0.281. The van der Waals surface area contributed by atoms with Crippen LogP contribution in [0.4, 0.5) is 0 Å². The maximum absolute atomic E-state index is 11.9. The van der Waals surface area contributed by atoms with E-state index in [4.69, 9.17) is 0 Å². The molecule has 2 heterocycles. The molecule has 1 fully saturated rings. The first-order valence-electron chi connectivity index (χ1n) is 6.46. The summed E-state index contributed by atoms with van der Waals surface area (Å²) in [5.41, 5.74) is 1.89. The minimum absolute atomic E-state index is 0.0139. The molecule has 0 spiro atoms. The quantitative estimate of drug-likeness (QED) is 0.729. The van der Waals surface area contributed by atoms with Crippen molar-refractivity contribution in [3.8, 4) is 0 Å². The summed E-state index contributed by atoms with van der Waals surface area (Å²) in [7, 11) is 0. The molecule has 18 heavy (non-hydrogen) atoms. The van der Waals surface area contributed by atoms with Crippen molar-refractivity contribution in [3.63, 3.8) is 0 Å². The van der Waals surface area contributed by atoms with Crippen LogP contribution in [0.3, 0.4) is 0 Å². The number of nitrogens with zero attached hydrogens (tertiary/aromatic N) is 1. The van der Waals surface area contributed by atoms with Gasteiger partial charge in [0.05, 0.1) is 11.0 Å². The molecule has 1 aromatic carbocycles.